The minimum Gasteiger partial charge on any atom is -0.328 e. The van der Waals surface area contributed by atoms with Crippen LogP contribution >= 0.6 is 11.8 Å². The Balaban J connectivity index is 2.14. The number of amides is 1. The van der Waals surface area contributed by atoms with Crippen LogP contribution in [0.3, 0.4) is 0 Å². The monoisotopic (exact) mass is 169 g/mol. The molecule has 0 spiro atoms. The fourth-order valence-electron chi connectivity index (χ4n) is 1.52. The van der Waals surface area contributed by atoms with Crippen molar-refractivity contribution in [3.63, 3.8) is 0 Å². The maximum absolute atomic E-state index is 11.0. The molecule has 11 heavy (non-hydrogen) atoms. The van der Waals surface area contributed by atoms with Crippen LogP contribution in [-0.2, 0) is 4.79 Å². The molecule has 2 aliphatic heterocycles. The molecule has 0 N–H and O–H groups in total. The molecule has 0 saturated carbocycles. The number of hydrogen-bond acceptors (Lipinski definition) is 2. The Morgan fingerprint density at radius 2 is 2.64 bits per heavy atom. The molecule has 0 aromatic rings. The zero-order valence-electron chi connectivity index (χ0n) is 6.54. The van der Waals surface area contributed by atoms with Gasteiger partial charge in [0.25, 0.3) is 0 Å². The molecule has 0 radical (unpaired) electrons. The number of fused-ring (bicyclic) bond motifs is 1. The van der Waals surface area contributed by atoms with Gasteiger partial charge in [-0.25, -0.2) is 0 Å². The summed E-state index contributed by atoms with van der Waals surface area (Å²) in [6, 6.07) is 0. The second kappa shape index (κ2) is 2.03. The van der Waals surface area contributed by atoms with Crippen LogP contribution in [0.25, 0.3) is 0 Å². The highest BCUT2D eigenvalue weighted by Crippen LogP contribution is 2.46. The normalized spacial score (nSPS) is 41.7. The third-order valence-corrected chi connectivity index (χ3v) is 3.87. The average Bonchev–Trinajstić information content (AvgIpc) is 2.25. The maximum atomic E-state index is 11.0. The Labute approximate surface area is 70.6 Å². The number of nitrogens with zero attached hydrogens (tertiary/aromatic N) is 1. The molecule has 0 aromatic heterocycles. The second-order valence-corrected chi connectivity index (χ2v) is 5.03. The lowest BCUT2D eigenvalue weighted by Gasteiger charge is -2.32. The van der Waals surface area contributed by atoms with Gasteiger partial charge in [-0.1, -0.05) is 6.08 Å². The highest BCUT2D eigenvalue weighted by Gasteiger charge is 2.48. The Hall–Kier alpha value is -0.440. The van der Waals surface area contributed by atoms with Crippen molar-refractivity contribution in [3.05, 3.63) is 12.7 Å². The summed E-state index contributed by atoms with van der Waals surface area (Å²) in [5.41, 5.74) is 0. The third kappa shape index (κ3) is 0.906. The first kappa shape index (κ1) is 7.22. The number of rotatable bonds is 1. The molecule has 0 bridgehead atoms. The maximum Gasteiger partial charge on any atom is 0.226 e. The largest absolute Gasteiger partial charge is 0.328 e. The van der Waals surface area contributed by atoms with E-state index in [1.807, 2.05) is 22.7 Å². The molecule has 1 amide bonds. The zero-order valence-corrected chi connectivity index (χ0v) is 7.36. The molecule has 2 fully saturated rings. The minimum atomic E-state index is 0.108. The molecule has 2 saturated heterocycles. The van der Waals surface area contributed by atoms with E-state index in [4.69, 9.17) is 0 Å². The topological polar surface area (TPSA) is 20.3 Å². The van der Waals surface area contributed by atoms with Gasteiger partial charge < -0.3 is 4.90 Å². The van der Waals surface area contributed by atoms with Gasteiger partial charge in [-0.15, -0.1) is 18.3 Å². The Bertz CT molecular complexity index is 228. The Morgan fingerprint density at radius 3 is 3.09 bits per heavy atom. The van der Waals surface area contributed by atoms with Crippen LogP contribution in [0.5, 0.6) is 0 Å². The van der Waals surface area contributed by atoms with Crippen molar-refractivity contribution in [3.8, 4) is 0 Å². The Morgan fingerprint density at radius 1 is 1.91 bits per heavy atom. The van der Waals surface area contributed by atoms with E-state index in [9.17, 15) is 4.79 Å². The molecule has 3 heteroatoms. The minimum absolute atomic E-state index is 0.108. The van der Waals surface area contributed by atoms with Crippen molar-refractivity contribution in [1.82, 2.24) is 4.90 Å². The number of β-lactam (4-membered cyclic amide) rings is 1. The van der Waals surface area contributed by atoms with Crippen LogP contribution in [0.2, 0.25) is 0 Å². The predicted molar refractivity (Wildman–Crippen MR) is 46.3 cm³/mol. The van der Waals surface area contributed by atoms with Gasteiger partial charge in [-0.3, -0.25) is 4.79 Å². The number of carbonyl (C=O) groups excluding carboxylic acids is 1. The van der Waals surface area contributed by atoms with Crippen LogP contribution in [-0.4, -0.2) is 27.5 Å². The van der Waals surface area contributed by atoms with Crippen molar-refractivity contribution in [2.75, 3.05) is 6.54 Å². The van der Waals surface area contributed by atoms with Gasteiger partial charge in [-0.05, 0) is 6.92 Å². The van der Waals surface area contributed by atoms with Gasteiger partial charge in [0.05, 0.1) is 16.5 Å². The highest BCUT2D eigenvalue weighted by molar-refractivity contribution is 8.01. The number of thioether (sulfide) groups is 1. The number of hydrogen-bond donors (Lipinski definition) is 0. The SMILES string of the molecule is C=CC1(C)CN2C(=O)C[C@H]2S1. The van der Waals surface area contributed by atoms with E-state index in [2.05, 4.69) is 13.5 Å². The van der Waals surface area contributed by atoms with E-state index in [1.54, 1.807) is 0 Å². The lowest BCUT2D eigenvalue weighted by molar-refractivity contribution is -0.140. The molecular formula is C8H11NOS. The molecule has 1 unspecified atom stereocenters. The molecule has 60 valence electrons. The highest BCUT2D eigenvalue weighted by atomic mass is 32.2. The molecular weight excluding hydrogens is 158 g/mol. The van der Waals surface area contributed by atoms with E-state index in [0.29, 0.717) is 11.3 Å². The first-order valence-corrected chi connectivity index (χ1v) is 4.63. The lowest BCUT2D eigenvalue weighted by atomic mass is 10.1. The number of carbonyl (C=O) groups is 1. The fraction of sp³-hybridized carbons (Fsp3) is 0.625. The van der Waals surface area contributed by atoms with Gasteiger partial charge >= 0.3 is 0 Å². The van der Waals surface area contributed by atoms with Gasteiger partial charge in [0.1, 0.15) is 0 Å². The summed E-state index contributed by atoms with van der Waals surface area (Å²) >= 11 is 1.85. The fourth-order valence-corrected chi connectivity index (χ4v) is 3.00. The molecule has 2 nitrogen and oxygen atoms in total. The van der Waals surface area contributed by atoms with E-state index < -0.39 is 0 Å². The van der Waals surface area contributed by atoms with Crippen molar-refractivity contribution in [1.29, 1.82) is 0 Å². The first-order chi connectivity index (χ1) is 5.14. The summed E-state index contributed by atoms with van der Waals surface area (Å²) in [6.45, 7) is 6.76. The zero-order chi connectivity index (χ0) is 8.06. The van der Waals surface area contributed by atoms with Crippen LogP contribution in [0.15, 0.2) is 12.7 Å². The van der Waals surface area contributed by atoms with Crippen molar-refractivity contribution in [2.45, 2.75) is 23.5 Å². The van der Waals surface area contributed by atoms with Gasteiger partial charge in [0, 0.05) is 6.54 Å². The molecule has 2 rings (SSSR count). The molecule has 0 aliphatic carbocycles. The summed E-state index contributed by atoms with van der Waals surface area (Å²) in [6.07, 6.45) is 2.68. The van der Waals surface area contributed by atoms with Gasteiger partial charge in [0.15, 0.2) is 0 Å². The van der Waals surface area contributed by atoms with Crippen LogP contribution in [0, 0.1) is 0 Å². The molecule has 2 atom stereocenters. The van der Waals surface area contributed by atoms with Crippen molar-refractivity contribution >= 4 is 17.7 Å². The van der Waals surface area contributed by atoms with E-state index in [1.165, 1.54) is 0 Å². The first-order valence-electron chi connectivity index (χ1n) is 3.75. The van der Waals surface area contributed by atoms with E-state index in [0.717, 1.165) is 13.0 Å². The van der Waals surface area contributed by atoms with Crippen LogP contribution in [0.1, 0.15) is 13.3 Å². The van der Waals surface area contributed by atoms with Crippen molar-refractivity contribution < 1.29 is 4.79 Å². The summed E-state index contributed by atoms with van der Waals surface area (Å²) in [5, 5.41) is 0.450. The van der Waals surface area contributed by atoms with Crippen LogP contribution in [0.4, 0.5) is 0 Å². The summed E-state index contributed by atoms with van der Waals surface area (Å²) in [5.74, 6) is 0.299. The van der Waals surface area contributed by atoms with Gasteiger partial charge in [-0.2, -0.15) is 0 Å². The average molecular weight is 169 g/mol. The molecule has 2 heterocycles. The lowest BCUT2D eigenvalue weighted by Crippen LogP contribution is -2.47. The van der Waals surface area contributed by atoms with Crippen LogP contribution < -0.4 is 0 Å². The van der Waals surface area contributed by atoms with E-state index >= 15 is 0 Å². The Kier molecular flexibility index (Phi) is 1.34. The summed E-state index contributed by atoms with van der Waals surface area (Å²) in [4.78, 5) is 12.9. The van der Waals surface area contributed by atoms with Gasteiger partial charge in [0.2, 0.25) is 5.91 Å². The van der Waals surface area contributed by atoms with E-state index in [-0.39, 0.29) is 4.75 Å². The standard InChI is InChI=1S/C8H11NOS/c1-3-8(2)5-9-6(10)4-7(9)11-8/h3,7H,1,4-5H2,2H3/t7-,8?/m1/s1. The predicted octanol–water partition coefficient (Wildman–Crippen LogP) is 1.24. The van der Waals surface area contributed by atoms with Crippen molar-refractivity contribution in [2.24, 2.45) is 0 Å². The summed E-state index contributed by atoms with van der Waals surface area (Å²) < 4.78 is 0.108. The third-order valence-electron chi connectivity index (χ3n) is 2.34. The molecule has 0 aromatic carbocycles. The second-order valence-electron chi connectivity index (χ2n) is 3.32. The molecule has 2 aliphatic rings. The summed E-state index contributed by atoms with van der Waals surface area (Å²) in [7, 11) is 0. The quantitative estimate of drug-likeness (QED) is 0.435. The smallest absolute Gasteiger partial charge is 0.226 e.